The average Bonchev–Trinajstić information content (AvgIpc) is 2.10. The molecule has 0 amide bonds. The summed E-state index contributed by atoms with van der Waals surface area (Å²) >= 11 is 0. The van der Waals surface area contributed by atoms with Crippen molar-refractivity contribution in [3.05, 3.63) is 12.2 Å². The highest BCUT2D eigenvalue weighted by molar-refractivity contribution is 5.14. The van der Waals surface area contributed by atoms with Gasteiger partial charge in [-0.1, -0.05) is 17.9 Å². The van der Waals surface area contributed by atoms with Crippen molar-refractivity contribution in [2.75, 3.05) is 13.2 Å². The molecule has 0 fully saturated rings. The summed E-state index contributed by atoms with van der Waals surface area (Å²) < 4.78 is 0. The highest BCUT2D eigenvalue weighted by atomic mass is 16.3. The Balaban J connectivity index is 3.23. The van der Waals surface area contributed by atoms with Crippen molar-refractivity contribution in [1.82, 2.24) is 0 Å². The lowest BCUT2D eigenvalue weighted by molar-refractivity contribution is 0.289. The van der Waals surface area contributed by atoms with Crippen molar-refractivity contribution in [1.29, 1.82) is 0 Å². The summed E-state index contributed by atoms with van der Waals surface area (Å²) in [5, 5.41) is 16.9. The van der Waals surface area contributed by atoms with E-state index in [-0.39, 0.29) is 13.2 Å². The number of aliphatic hydroxyl groups is 2. The zero-order chi connectivity index (χ0) is 9.07. The molecular formula is C10H16O2. The molecule has 12 heavy (non-hydrogen) atoms. The molecule has 0 aromatic heterocycles. The Morgan fingerprint density at radius 2 is 1.83 bits per heavy atom. The number of hydrogen-bond donors (Lipinski definition) is 2. The Morgan fingerprint density at radius 1 is 1.08 bits per heavy atom. The molecule has 0 radical (unpaired) electrons. The van der Waals surface area contributed by atoms with Gasteiger partial charge in [0.25, 0.3) is 0 Å². The van der Waals surface area contributed by atoms with Crippen molar-refractivity contribution in [3.63, 3.8) is 0 Å². The highest BCUT2D eigenvalue weighted by Crippen LogP contribution is 1.88. The van der Waals surface area contributed by atoms with Crippen LogP contribution in [0.3, 0.4) is 0 Å². The number of unbranched alkanes of at least 4 members (excludes halogenated alkanes) is 2. The molecule has 0 rings (SSSR count). The number of allylic oxidation sites excluding steroid dienone is 2. The van der Waals surface area contributed by atoms with Gasteiger partial charge in [0.15, 0.2) is 0 Å². The van der Waals surface area contributed by atoms with E-state index in [9.17, 15) is 0 Å². The van der Waals surface area contributed by atoms with Crippen molar-refractivity contribution in [3.8, 4) is 11.8 Å². The van der Waals surface area contributed by atoms with Gasteiger partial charge in [0.1, 0.15) is 0 Å². The van der Waals surface area contributed by atoms with Crippen LogP contribution in [0, 0.1) is 11.8 Å². The maximum Gasteiger partial charge on any atom is 0.0440 e. The van der Waals surface area contributed by atoms with E-state index in [0.717, 1.165) is 25.7 Å². The smallest absolute Gasteiger partial charge is 0.0440 e. The summed E-state index contributed by atoms with van der Waals surface area (Å²) in [5.41, 5.74) is 0. The molecule has 2 nitrogen and oxygen atoms in total. The van der Waals surface area contributed by atoms with E-state index in [1.165, 1.54) is 0 Å². The van der Waals surface area contributed by atoms with Gasteiger partial charge in [-0.25, -0.2) is 0 Å². The monoisotopic (exact) mass is 168 g/mol. The van der Waals surface area contributed by atoms with Gasteiger partial charge < -0.3 is 10.2 Å². The molecule has 0 saturated carbocycles. The van der Waals surface area contributed by atoms with Crippen LogP contribution in [0.15, 0.2) is 12.2 Å². The molecule has 68 valence electrons. The first-order chi connectivity index (χ1) is 5.91. The molecule has 0 aliphatic rings. The number of rotatable bonds is 5. The van der Waals surface area contributed by atoms with Gasteiger partial charge in [-0.05, 0) is 25.3 Å². The van der Waals surface area contributed by atoms with Crippen molar-refractivity contribution < 1.29 is 10.2 Å². The van der Waals surface area contributed by atoms with Crippen molar-refractivity contribution in [2.45, 2.75) is 25.7 Å². The third-order valence-corrected chi connectivity index (χ3v) is 1.29. The topological polar surface area (TPSA) is 40.5 Å². The summed E-state index contributed by atoms with van der Waals surface area (Å²) in [6, 6.07) is 0. The Hall–Kier alpha value is -0.780. The molecule has 2 heteroatoms. The molecule has 0 bridgehead atoms. The summed E-state index contributed by atoms with van der Waals surface area (Å²) in [4.78, 5) is 0. The summed E-state index contributed by atoms with van der Waals surface area (Å²) in [6.45, 7) is 0.450. The quantitative estimate of drug-likeness (QED) is 0.476. The first-order valence-corrected chi connectivity index (χ1v) is 4.27. The second kappa shape index (κ2) is 10.2. The fraction of sp³-hybridized carbons (Fsp3) is 0.600. The van der Waals surface area contributed by atoms with Crippen molar-refractivity contribution in [2.24, 2.45) is 0 Å². The van der Waals surface area contributed by atoms with Gasteiger partial charge in [0.2, 0.25) is 0 Å². The fourth-order valence-corrected chi connectivity index (χ4v) is 0.650. The Kier molecular flexibility index (Phi) is 9.56. The van der Waals surface area contributed by atoms with E-state index >= 15 is 0 Å². The fourth-order valence-electron chi connectivity index (χ4n) is 0.650. The van der Waals surface area contributed by atoms with E-state index in [1.807, 2.05) is 6.08 Å². The Morgan fingerprint density at radius 3 is 2.50 bits per heavy atom. The van der Waals surface area contributed by atoms with Crippen LogP contribution in [0.4, 0.5) is 0 Å². The zero-order valence-electron chi connectivity index (χ0n) is 7.29. The van der Waals surface area contributed by atoms with Crippen LogP contribution in [-0.4, -0.2) is 23.4 Å². The van der Waals surface area contributed by atoms with E-state index in [1.54, 1.807) is 6.08 Å². The second-order valence-electron chi connectivity index (χ2n) is 2.42. The molecule has 0 aromatic rings. The minimum Gasteiger partial charge on any atom is -0.396 e. The zero-order valence-corrected chi connectivity index (χ0v) is 7.29. The predicted molar refractivity (Wildman–Crippen MR) is 49.6 cm³/mol. The summed E-state index contributed by atoms with van der Waals surface area (Å²) in [7, 11) is 0. The first kappa shape index (κ1) is 11.2. The lowest BCUT2D eigenvalue weighted by atomic mass is 10.3. The van der Waals surface area contributed by atoms with Gasteiger partial charge in [0.05, 0.1) is 0 Å². The maximum absolute atomic E-state index is 8.44. The van der Waals surface area contributed by atoms with Crippen molar-refractivity contribution >= 4 is 0 Å². The van der Waals surface area contributed by atoms with E-state index in [2.05, 4.69) is 11.8 Å². The molecule has 0 aromatic carbocycles. The largest absolute Gasteiger partial charge is 0.396 e. The first-order valence-electron chi connectivity index (χ1n) is 4.27. The number of aliphatic hydroxyl groups excluding tert-OH is 2. The summed E-state index contributed by atoms with van der Waals surface area (Å²) in [6.07, 6.45) is 6.92. The molecular weight excluding hydrogens is 152 g/mol. The van der Waals surface area contributed by atoms with E-state index < -0.39 is 0 Å². The molecule has 0 spiro atoms. The minimum atomic E-state index is 0.211. The molecule has 0 saturated heterocycles. The molecule has 0 heterocycles. The summed E-state index contributed by atoms with van der Waals surface area (Å²) in [5.74, 6) is 5.76. The van der Waals surface area contributed by atoms with Gasteiger partial charge in [-0.3, -0.25) is 0 Å². The van der Waals surface area contributed by atoms with Gasteiger partial charge in [-0.2, -0.15) is 0 Å². The molecule has 0 aliphatic heterocycles. The van der Waals surface area contributed by atoms with Crippen LogP contribution in [0.5, 0.6) is 0 Å². The highest BCUT2D eigenvalue weighted by Gasteiger charge is 1.77. The lowest BCUT2D eigenvalue weighted by Gasteiger charge is -1.84. The van der Waals surface area contributed by atoms with Gasteiger partial charge in [-0.15, -0.1) is 0 Å². The molecule has 2 N–H and O–H groups in total. The minimum absolute atomic E-state index is 0.211. The average molecular weight is 168 g/mol. The molecule has 0 aliphatic carbocycles. The van der Waals surface area contributed by atoms with Crippen LogP contribution in [0.25, 0.3) is 0 Å². The number of hydrogen-bond acceptors (Lipinski definition) is 2. The van der Waals surface area contributed by atoms with Crippen LogP contribution in [0.1, 0.15) is 25.7 Å². The lowest BCUT2D eigenvalue weighted by Crippen LogP contribution is -1.78. The maximum atomic E-state index is 8.44. The standard InChI is InChI=1S/C10H16O2/c11-9-7-5-3-1-2-4-6-8-10-12/h1,3,11-12H,5-10H2/b3-1+. The van der Waals surface area contributed by atoms with Crippen LogP contribution < -0.4 is 0 Å². The third-order valence-electron chi connectivity index (χ3n) is 1.29. The van der Waals surface area contributed by atoms with Crippen LogP contribution >= 0.6 is 0 Å². The van der Waals surface area contributed by atoms with Crippen LogP contribution in [-0.2, 0) is 0 Å². The third kappa shape index (κ3) is 9.22. The predicted octanol–water partition coefficient (Wildman–Crippen LogP) is 1.09. The van der Waals surface area contributed by atoms with Crippen LogP contribution in [0.2, 0.25) is 0 Å². The molecule has 0 atom stereocenters. The molecule has 0 unspecified atom stereocenters. The Bertz CT molecular complexity index is 162. The Labute approximate surface area is 73.9 Å². The SMILES string of the molecule is OCCCC#C/C=C/CCCO. The normalized spacial score (nSPS) is 9.83. The van der Waals surface area contributed by atoms with Gasteiger partial charge >= 0.3 is 0 Å². The van der Waals surface area contributed by atoms with E-state index in [0.29, 0.717) is 0 Å². The second-order valence-corrected chi connectivity index (χ2v) is 2.42. The van der Waals surface area contributed by atoms with E-state index in [4.69, 9.17) is 10.2 Å². The van der Waals surface area contributed by atoms with Gasteiger partial charge in [0, 0.05) is 19.6 Å².